The molecule has 0 bridgehead atoms. The van der Waals surface area contributed by atoms with Crippen molar-refractivity contribution >= 4 is 34.4 Å². The van der Waals surface area contributed by atoms with E-state index < -0.39 is 0 Å². The summed E-state index contributed by atoms with van der Waals surface area (Å²) in [7, 11) is 0. The molecule has 1 unspecified atom stereocenters. The van der Waals surface area contributed by atoms with Crippen molar-refractivity contribution < 1.29 is 4.39 Å². The average Bonchev–Trinajstić information content (AvgIpc) is 2.81. The summed E-state index contributed by atoms with van der Waals surface area (Å²) in [6, 6.07) is 5.54. The molecule has 3 rings (SSSR count). The number of nitrogens with zero attached hydrogens (tertiary/aromatic N) is 2. The fourth-order valence-electron chi connectivity index (χ4n) is 2.71. The highest BCUT2D eigenvalue weighted by molar-refractivity contribution is 7.99. The van der Waals surface area contributed by atoms with Gasteiger partial charge in [0, 0.05) is 6.04 Å². The second-order valence-electron chi connectivity index (χ2n) is 4.91. The molecule has 19 heavy (non-hydrogen) atoms. The number of halogens is 2. The maximum Gasteiger partial charge on any atom is 0.151 e. The Morgan fingerprint density at radius 2 is 2.16 bits per heavy atom. The van der Waals surface area contributed by atoms with E-state index in [1.807, 2.05) is 24.8 Å². The third kappa shape index (κ3) is 2.36. The topological polar surface area (TPSA) is 17.8 Å². The van der Waals surface area contributed by atoms with Crippen LogP contribution in [0.4, 0.5) is 4.39 Å². The molecule has 2 aromatic rings. The minimum Gasteiger partial charge on any atom is -0.323 e. The predicted octanol–water partition coefficient (Wildman–Crippen LogP) is 4.54. The van der Waals surface area contributed by atoms with Gasteiger partial charge in [-0.3, -0.25) is 0 Å². The number of thioether (sulfide) groups is 1. The van der Waals surface area contributed by atoms with Crippen LogP contribution in [0.25, 0.3) is 11.0 Å². The Bertz CT molecular complexity index is 590. The zero-order valence-corrected chi connectivity index (χ0v) is 12.3. The largest absolute Gasteiger partial charge is 0.323 e. The van der Waals surface area contributed by atoms with Crippen molar-refractivity contribution in [1.82, 2.24) is 9.55 Å². The maximum atomic E-state index is 13.9. The van der Waals surface area contributed by atoms with Crippen molar-refractivity contribution in [2.75, 3.05) is 11.5 Å². The maximum absolute atomic E-state index is 13.9. The lowest BCUT2D eigenvalue weighted by Crippen LogP contribution is -2.17. The number of benzene rings is 1. The van der Waals surface area contributed by atoms with E-state index in [-0.39, 0.29) is 11.2 Å². The highest BCUT2D eigenvalue weighted by Crippen LogP contribution is 2.35. The van der Waals surface area contributed by atoms with Crippen molar-refractivity contribution in [2.24, 2.45) is 0 Å². The van der Waals surface area contributed by atoms with Crippen LogP contribution in [0.15, 0.2) is 18.2 Å². The molecular weight excluding hydrogens is 283 g/mol. The van der Waals surface area contributed by atoms with Gasteiger partial charge in [0.05, 0.1) is 10.9 Å². The third-order valence-electron chi connectivity index (χ3n) is 3.61. The van der Waals surface area contributed by atoms with Gasteiger partial charge in [-0.05, 0) is 43.4 Å². The third-order valence-corrected chi connectivity index (χ3v) is 4.85. The molecule has 0 spiro atoms. The van der Waals surface area contributed by atoms with E-state index in [1.165, 1.54) is 6.07 Å². The van der Waals surface area contributed by atoms with Crippen LogP contribution in [0.1, 0.15) is 37.0 Å². The minimum absolute atomic E-state index is 0.207. The van der Waals surface area contributed by atoms with Gasteiger partial charge in [0.1, 0.15) is 11.3 Å². The van der Waals surface area contributed by atoms with E-state index in [4.69, 9.17) is 11.6 Å². The van der Waals surface area contributed by atoms with Gasteiger partial charge in [-0.25, -0.2) is 9.37 Å². The smallest absolute Gasteiger partial charge is 0.151 e. The van der Waals surface area contributed by atoms with Gasteiger partial charge in [0.25, 0.3) is 0 Å². The molecule has 0 N–H and O–H groups in total. The van der Waals surface area contributed by atoms with E-state index in [0.29, 0.717) is 11.6 Å². The van der Waals surface area contributed by atoms with Gasteiger partial charge in [0.2, 0.25) is 0 Å². The Kier molecular flexibility index (Phi) is 3.72. The molecule has 2 nitrogen and oxygen atoms in total. The Hall–Kier alpha value is -0.740. The molecule has 0 saturated carbocycles. The first-order valence-corrected chi connectivity index (χ1v) is 8.15. The number of imidazole rings is 1. The van der Waals surface area contributed by atoms with E-state index in [9.17, 15) is 4.39 Å². The monoisotopic (exact) mass is 298 g/mol. The zero-order chi connectivity index (χ0) is 13.4. The van der Waals surface area contributed by atoms with Crippen molar-refractivity contribution in [3.05, 3.63) is 29.8 Å². The molecule has 0 radical (unpaired) electrons. The van der Waals surface area contributed by atoms with Crippen molar-refractivity contribution in [1.29, 1.82) is 0 Å². The number of alkyl halides is 1. The quantitative estimate of drug-likeness (QED) is 0.757. The Balaban J connectivity index is 2.18. The van der Waals surface area contributed by atoms with Gasteiger partial charge in [-0.2, -0.15) is 11.8 Å². The number of hydrogen-bond acceptors (Lipinski definition) is 2. The van der Waals surface area contributed by atoms with Crippen molar-refractivity contribution in [3.63, 3.8) is 0 Å². The van der Waals surface area contributed by atoms with E-state index >= 15 is 0 Å². The number of rotatable bonds is 2. The Morgan fingerprint density at radius 3 is 2.84 bits per heavy atom. The van der Waals surface area contributed by atoms with Crippen molar-refractivity contribution in [2.45, 2.75) is 31.2 Å². The molecule has 0 amide bonds. The summed E-state index contributed by atoms with van der Waals surface area (Å²) in [4.78, 5) is 4.44. The van der Waals surface area contributed by atoms with Crippen LogP contribution >= 0.6 is 23.4 Å². The normalized spacial score (nSPS) is 18.9. The predicted molar refractivity (Wildman–Crippen MR) is 79.6 cm³/mol. The van der Waals surface area contributed by atoms with Crippen LogP contribution in [-0.2, 0) is 0 Å². The van der Waals surface area contributed by atoms with Crippen LogP contribution in [0.2, 0.25) is 0 Å². The van der Waals surface area contributed by atoms with Gasteiger partial charge >= 0.3 is 0 Å². The Morgan fingerprint density at radius 1 is 1.42 bits per heavy atom. The second-order valence-corrected chi connectivity index (χ2v) is 6.79. The van der Waals surface area contributed by atoms with E-state index in [1.54, 1.807) is 6.07 Å². The lowest BCUT2D eigenvalue weighted by Gasteiger charge is -2.25. The lowest BCUT2D eigenvalue weighted by atomic mass is 10.1. The summed E-state index contributed by atoms with van der Waals surface area (Å²) in [6.45, 7) is 1.90. The molecule has 1 atom stereocenters. The van der Waals surface area contributed by atoms with Gasteiger partial charge in [-0.15, -0.1) is 11.6 Å². The number of fused-ring (bicyclic) bond motifs is 1. The standard InChI is InChI=1S/C14H16ClFN2S/c1-9(15)14-17-13-11(16)3-2-4-12(13)18(14)10-5-7-19-8-6-10/h2-4,9-10H,5-8H2,1H3. The van der Waals surface area contributed by atoms with Gasteiger partial charge in [0.15, 0.2) is 5.82 Å². The highest BCUT2D eigenvalue weighted by atomic mass is 35.5. The molecule has 0 aliphatic carbocycles. The summed E-state index contributed by atoms with van der Waals surface area (Å²) in [5, 5.41) is -0.207. The van der Waals surface area contributed by atoms with E-state index in [2.05, 4.69) is 9.55 Å². The van der Waals surface area contributed by atoms with Gasteiger partial charge in [-0.1, -0.05) is 6.07 Å². The second kappa shape index (κ2) is 5.33. The summed E-state index contributed by atoms with van der Waals surface area (Å²) in [6.07, 6.45) is 2.20. The molecule has 1 aromatic heterocycles. The summed E-state index contributed by atoms with van der Waals surface area (Å²) < 4.78 is 16.0. The van der Waals surface area contributed by atoms with Crippen LogP contribution < -0.4 is 0 Å². The first-order valence-electron chi connectivity index (χ1n) is 6.56. The fourth-order valence-corrected chi connectivity index (χ4v) is 3.94. The molecule has 102 valence electrons. The van der Waals surface area contributed by atoms with Gasteiger partial charge < -0.3 is 4.57 Å². The molecule has 1 saturated heterocycles. The number of hydrogen-bond donors (Lipinski definition) is 0. The fraction of sp³-hybridized carbons (Fsp3) is 0.500. The Labute approximate surface area is 121 Å². The zero-order valence-electron chi connectivity index (χ0n) is 10.8. The molecule has 1 aromatic carbocycles. The van der Waals surface area contributed by atoms with Crippen molar-refractivity contribution in [3.8, 4) is 0 Å². The molecule has 1 fully saturated rings. The number of para-hydroxylation sites is 1. The van der Waals surface area contributed by atoms with Crippen LogP contribution in [-0.4, -0.2) is 21.1 Å². The first-order chi connectivity index (χ1) is 9.18. The number of aromatic nitrogens is 2. The summed E-state index contributed by atoms with van der Waals surface area (Å²) in [5.74, 6) is 2.82. The van der Waals surface area contributed by atoms with Crippen LogP contribution in [0.5, 0.6) is 0 Å². The lowest BCUT2D eigenvalue weighted by molar-refractivity contribution is 0.464. The molecule has 1 aliphatic rings. The average molecular weight is 299 g/mol. The van der Waals surface area contributed by atoms with Crippen LogP contribution in [0.3, 0.4) is 0 Å². The first kappa shape index (κ1) is 13.3. The molecular formula is C14H16ClFN2S. The SMILES string of the molecule is CC(Cl)c1nc2c(F)cccc2n1C1CCSCC1. The minimum atomic E-state index is -0.264. The molecule has 1 aliphatic heterocycles. The van der Waals surface area contributed by atoms with Crippen LogP contribution in [0, 0.1) is 5.82 Å². The molecule has 5 heteroatoms. The molecule has 2 heterocycles. The summed E-state index contributed by atoms with van der Waals surface area (Å²) in [5.41, 5.74) is 1.32. The summed E-state index contributed by atoms with van der Waals surface area (Å²) >= 11 is 8.22. The van der Waals surface area contributed by atoms with E-state index in [0.717, 1.165) is 35.7 Å². The highest BCUT2D eigenvalue weighted by Gasteiger charge is 2.24.